The first kappa shape index (κ1) is 16.2. The number of amides is 1. The van der Waals surface area contributed by atoms with E-state index in [0.717, 1.165) is 18.1 Å². The molecule has 1 atom stereocenters. The highest BCUT2D eigenvalue weighted by atomic mass is 16.6. The molecule has 1 aliphatic heterocycles. The lowest BCUT2D eigenvalue weighted by Crippen LogP contribution is -2.44. The van der Waals surface area contributed by atoms with Crippen molar-refractivity contribution in [1.82, 2.24) is 30.0 Å². The Morgan fingerprint density at radius 1 is 1.28 bits per heavy atom. The van der Waals surface area contributed by atoms with Crippen LogP contribution in [0.15, 0.2) is 4.63 Å². The van der Waals surface area contributed by atoms with Crippen LogP contribution in [-0.2, 0) is 17.8 Å². The predicted molar refractivity (Wildman–Crippen MR) is 88.6 cm³/mol. The van der Waals surface area contributed by atoms with Crippen molar-refractivity contribution in [2.45, 2.75) is 65.0 Å². The molecule has 1 amide bonds. The minimum atomic E-state index is -0.0265. The Balaban J connectivity index is 1.59. The first-order valence-electron chi connectivity index (χ1n) is 9.05. The van der Waals surface area contributed by atoms with Crippen molar-refractivity contribution in [2.24, 2.45) is 5.92 Å². The molecule has 1 aliphatic carbocycles. The van der Waals surface area contributed by atoms with E-state index >= 15 is 0 Å². The number of carbonyl (C=O) groups is 1. The van der Waals surface area contributed by atoms with Crippen LogP contribution in [0.5, 0.6) is 0 Å². The molecule has 0 unspecified atom stereocenters. The van der Waals surface area contributed by atoms with Crippen LogP contribution in [0.25, 0.3) is 0 Å². The largest absolute Gasteiger partial charge is 0.330 e. The zero-order valence-electron chi connectivity index (χ0n) is 15.0. The van der Waals surface area contributed by atoms with Gasteiger partial charge in [-0.25, -0.2) is 14.3 Å². The van der Waals surface area contributed by atoms with Crippen LogP contribution < -0.4 is 0 Å². The average Bonchev–Trinajstić information content (AvgIpc) is 3.20. The van der Waals surface area contributed by atoms with E-state index in [2.05, 4.69) is 29.3 Å². The summed E-state index contributed by atoms with van der Waals surface area (Å²) in [5.41, 5.74) is 1.28. The van der Waals surface area contributed by atoms with E-state index in [1.807, 2.05) is 9.58 Å². The lowest BCUT2D eigenvalue weighted by molar-refractivity contribution is -0.134. The summed E-state index contributed by atoms with van der Waals surface area (Å²) in [6.07, 6.45) is 3.46. The summed E-state index contributed by atoms with van der Waals surface area (Å²) in [7, 11) is 0. The predicted octanol–water partition coefficient (Wildman–Crippen LogP) is 2.02. The summed E-state index contributed by atoms with van der Waals surface area (Å²) >= 11 is 0. The third-order valence-corrected chi connectivity index (χ3v) is 4.97. The molecule has 0 saturated heterocycles. The Labute approximate surface area is 146 Å². The molecule has 0 bridgehead atoms. The van der Waals surface area contributed by atoms with Crippen molar-refractivity contribution in [3.63, 3.8) is 0 Å². The van der Waals surface area contributed by atoms with E-state index in [-0.39, 0.29) is 18.4 Å². The van der Waals surface area contributed by atoms with Gasteiger partial charge in [0.05, 0.1) is 19.0 Å². The number of aromatic nitrogens is 5. The Morgan fingerprint density at radius 3 is 2.72 bits per heavy atom. The summed E-state index contributed by atoms with van der Waals surface area (Å²) in [6.45, 7) is 7.50. The number of aryl methyl sites for hydroxylation is 1. The third kappa shape index (κ3) is 3.17. The molecule has 8 heteroatoms. The fourth-order valence-electron chi connectivity index (χ4n) is 3.43. The molecule has 2 aromatic rings. The van der Waals surface area contributed by atoms with Gasteiger partial charge >= 0.3 is 0 Å². The fraction of sp³-hybridized carbons (Fsp3) is 0.706. The molecule has 134 valence electrons. The van der Waals surface area contributed by atoms with Gasteiger partial charge in [0.25, 0.3) is 0 Å². The SMILES string of the molecule is Cc1nonc1CC(=O)N1CCn2nc(C3CC3)nc2[C@@H]1CC(C)C. The van der Waals surface area contributed by atoms with Crippen LogP contribution in [0.1, 0.15) is 68.1 Å². The van der Waals surface area contributed by atoms with Gasteiger partial charge in [0.1, 0.15) is 17.2 Å². The molecule has 1 saturated carbocycles. The summed E-state index contributed by atoms with van der Waals surface area (Å²) < 4.78 is 6.73. The molecule has 0 aromatic carbocycles. The normalized spacial score (nSPS) is 20.2. The van der Waals surface area contributed by atoms with Crippen molar-refractivity contribution in [3.05, 3.63) is 23.0 Å². The highest BCUT2D eigenvalue weighted by molar-refractivity contribution is 5.79. The second-order valence-corrected chi connectivity index (χ2v) is 7.53. The summed E-state index contributed by atoms with van der Waals surface area (Å²) in [4.78, 5) is 19.7. The zero-order valence-corrected chi connectivity index (χ0v) is 15.0. The third-order valence-electron chi connectivity index (χ3n) is 4.97. The minimum Gasteiger partial charge on any atom is -0.330 e. The zero-order chi connectivity index (χ0) is 17.6. The number of nitrogens with zero attached hydrogens (tertiary/aromatic N) is 6. The van der Waals surface area contributed by atoms with Gasteiger partial charge in [-0.05, 0) is 32.1 Å². The molecule has 1 fully saturated rings. The molecule has 3 heterocycles. The summed E-state index contributed by atoms with van der Waals surface area (Å²) in [5, 5.41) is 12.3. The van der Waals surface area contributed by atoms with Crippen LogP contribution in [-0.4, -0.2) is 42.4 Å². The van der Waals surface area contributed by atoms with Crippen LogP contribution >= 0.6 is 0 Å². The van der Waals surface area contributed by atoms with Gasteiger partial charge in [0, 0.05) is 12.5 Å². The van der Waals surface area contributed by atoms with E-state index in [0.29, 0.717) is 36.3 Å². The van der Waals surface area contributed by atoms with Crippen molar-refractivity contribution >= 4 is 5.91 Å². The molecular weight excluding hydrogens is 320 g/mol. The Bertz CT molecular complexity index is 776. The van der Waals surface area contributed by atoms with Crippen LogP contribution in [0.2, 0.25) is 0 Å². The lowest BCUT2D eigenvalue weighted by atomic mass is 9.99. The van der Waals surface area contributed by atoms with Crippen LogP contribution in [0, 0.1) is 12.8 Å². The molecule has 8 nitrogen and oxygen atoms in total. The number of carbonyl (C=O) groups excluding carboxylic acids is 1. The van der Waals surface area contributed by atoms with Gasteiger partial charge in [-0.3, -0.25) is 4.79 Å². The van der Waals surface area contributed by atoms with Crippen molar-refractivity contribution < 1.29 is 9.42 Å². The maximum atomic E-state index is 12.9. The lowest BCUT2D eigenvalue weighted by Gasteiger charge is -2.36. The van der Waals surface area contributed by atoms with Gasteiger partial charge in [0.15, 0.2) is 5.82 Å². The number of rotatable bonds is 5. The quantitative estimate of drug-likeness (QED) is 0.824. The van der Waals surface area contributed by atoms with Crippen molar-refractivity contribution in [3.8, 4) is 0 Å². The van der Waals surface area contributed by atoms with Gasteiger partial charge in [0.2, 0.25) is 5.91 Å². The van der Waals surface area contributed by atoms with Crippen molar-refractivity contribution in [2.75, 3.05) is 6.54 Å². The smallest absolute Gasteiger partial charge is 0.229 e. The molecule has 25 heavy (non-hydrogen) atoms. The monoisotopic (exact) mass is 344 g/mol. The second-order valence-electron chi connectivity index (χ2n) is 7.53. The van der Waals surface area contributed by atoms with Gasteiger partial charge < -0.3 is 4.90 Å². The second kappa shape index (κ2) is 6.24. The fourth-order valence-corrected chi connectivity index (χ4v) is 3.43. The van der Waals surface area contributed by atoms with E-state index in [4.69, 9.17) is 9.61 Å². The van der Waals surface area contributed by atoms with Gasteiger partial charge in [-0.2, -0.15) is 5.10 Å². The first-order chi connectivity index (χ1) is 12.0. The molecule has 0 spiro atoms. The van der Waals surface area contributed by atoms with E-state index < -0.39 is 0 Å². The molecule has 0 radical (unpaired) electrons. The number of hydrogen-bond donors (Lipinski definition) is 0. The average molecular weight is 344 g/mol. The standard InChI is InChI=1S/C17H24N6O2/c1-10(2)8-14-17-18-16(12-4-5-12)19-23(17)7-6-22(14)15(24)9-13-11(3)20-25-21-13/h10,12,14H,4-9H2,1-3H3/t14-/m0/s1. The highest BCUT2D eigenvalue weighted by Crippen LogP contribution is 2.40. The molecule has 2 aliphatic rings. The van der Waals surface area contributed by atoms with Crippen molar-refractivity contribution in [1.29, 1.82) is 0 Å². The van der Waals surface area contributed by atoms with Crippen LogP contribution in [0.4, 0.5) is 0 Å². The Hall–Kier alpha value is -2.25. The topological polar surface area (TPSA) is 89.9 Å². The van der Waals surface area contributed by atoms with Gasteiger partial charge in [-0.15, -0.1) is 0 Å². The number of fused-ring (bicyclic) bond motifs is 1. The highest BCUT2D eigenvalue weighted by Gasteiger charge is 2.37. The van der Waals surface area contributed by atoms with E-state index in [9.17, 15) is 4.79 Å². The molecule has 4 rings (SSSR count). The van der Waals surface area contributed by atoms with E-state index in [1.165, 1.54) is 12.8 Å². The first-order valence-corrected chi connectivity index (χ1v) is 9.05. The molecule has 2 aromatic heterocycles. The van der Waals surface area contributed by atoms with Crippen LogP contribution in [0.3, 0.4) is 0 Å². The number of hydrogen-bond acceptors (Lipinski definition) is 6. The Morgan fingerprint density at radius 2 is 2.08 bits per heavy atom. The summed E-state index contributed by atoms with van der Waals surface area (Å²) in [6, 6.07) is -0.0265. The minimum absolute atomic E-state index is 0.0265. The summed E-state index contributed by atoms with van der Waals surface area (Å²) in [5.74, 6) is 2.92. The maximum absolute atomic E-state index is 12.9. The Kier molecular flexibility index (Phi) is 4.05. The van der Waals surface area contributed by atoms with Gasteiger partial charge in [-0.1, -0.05) is 24.2 Å². The maximum Gasteiger partial charge on any atom is 0.229 e. The molecular formula is C17H24N6O2. The van der Waals surface area contributed by atoms with E-state index in [1.54, 1.807) is 6.92 Å². The molecule has 0 N–H and O–H groups in total.